The van der Waals surface area contributed by atoms with E-state index in [1.54, 1.807) is 0 Å². The second kappa shape index (κ2) is 8.03. The van der Waals surface area contributed by atoms with Crippen molar-refractivity contribution in [1.29, 1.82) is 0 Å². The topological polar surface area (TPSA) is 68.3 Å². The molecule has 0 spiro atoms. The van der Waals surface area contributed by atoms with Crippen molar-refractivity contribution in [1.82, 2.24) is 4.98 Å². The van der Waals surface area contributed by atoms with Gasteiger partial charge in [-0.15, -0.1) is 0 Å². The lowest BCUT2D eigenvalue weighted by Crippen LogP contribution is -2.22. The van der Waals surface area contributed by atoms with Gasteiger partial charge >= 0.3 is 5.97 Å². The molecule has 5 nitrogen and oxygen atoms in total. The van der Waals surface area contributed by atoms with Gasteiger partial charge in [0.15, 0.2) is 6.61 Å². The molecule has 1 heterocycles. The number of anilines is 1. The molecule has 1 aliphatic rings. The maximum Gasteiger partial charge on any atom is 0.339 e. The van der Waals surface area contributed by atoms with Gasteiger partial charge in [-0.1, -0.05) is 24.3 Å². The highest BCUT2D eigenvalue weighted by atomic mass is 16.5. The van der Waals surface area contributed by atoms with Crippen molar-refractivity contribution in [3.05, 3.63) is 70.4 Å². The van der Waals surface area contributed by atoms with Gasteiger partial charge in [0.25, 0.3) is 5.91 Å². The number of aromatic nitrogens is 1. The van der Waals surface area contributed by atoms with Crippen LogP contribution in [0.5, 0.6) is 0 Å². The Kier molecular flexibility index (Phi) is 5.30. The number of nitrogens with one attached hydrogen (secondary N) is 1. The van der Waals surface area contributed by atoms with Crippen molar-refractivity contribution < 1.29 is 14.3 Å². The van der Waals surface area contributed by atoms with Gasteiger partial charge in [-0.05, 0) is 74.4 Å². The Labute approximate surface area is 170 Å². The van der Waals surface area contributed by atoms with Crippen LogP contribution in [0, 0.1) is 13.8 Å². The molecule has 0 fully saturated rings. The molecule has 5 heteroatoms. The number of fused-ring (bicyclic) bond motifs is 2. The molecule has 1 amide bonds. The van der Waals surface area contributed by atoms with E-state index < -0.39 is 5.97 Å². The van der Waals surface area contributed by atoms with Gasteiger partial charge in [-0.2, -0.15) is 0 Å². The third kappa shape index (κ3) is 3.99. The summed E-state index contributed by atoms with van der Waals surface area (Å²) >= 11 is 0. The standard InChI is InChI=1S/C24H24N2O3/c1-15-11-12-17(13-16(15)2)25-22(27)14-29-24(28)23-18-7-3-5-9-20(18)26-21-10-6-4-8-19(21)23/h3,5,7,9,11-13H,4,6,8,10,14H2,1-2H3,(H,25,27). The van der Waals surface area contributed by atoms with Gasteiger partial charge in [-0.3, -0.25) is 9.78 Å². The number of ether oxygens (including phenoxy) is 1. The molecule has 0 radical (unpaired) electrons. The molecule has 3 aromatic rings. The highest BCUT2D eigenvalue weighted by Gasteiger charge is 2.24. The molecular weight excluding hydrogens is 364 g/mol. The molecule has 0 unspecified atom stereocenters. The predicted octanol–water partition coefficient (Wildman–Crippen LogP) is 4.53. The zero-order chi connectivity index (χ0) is 20.4. The molecule has 1 aromatic heterocycles. The van der Waals surface area contributed by atoms with Gasteiger partial charge in [-0.25, -0.2) is 4.79 Å². The van der Waals surface area contributed by atoms with E-state index in [2.05, 4.69) is 5.32 Å². The summed E-state index contributed by atoms with van der Waals surface area (Å²) in [5.41, 5.74) is 6.24. The zero-order valence-electron chi connectivity index (χ0n) is 16.7. The lowest BCUT2D eigenvalue weighted by atomic mass is 9.90. The number of hydrogen-bond acceptors (Lipinski definition) is 4. The van der Waals surface area contributed by atoms with Crippen molar-refractivity contribution in [2.75, 3.05) is 11.9 Å². The minimum Gasteiger partial charge on any atom is -0.452 e. The first-order valence-electron chi connectivity index (χ1n) is 9.97. The van der Waals surface area contributed by atoms with Crippen molar-refractivity contribution in [2.24, 2.45) is 0 Å². The van der Waals surface area contributed by atoms with Crippen LogP contribution < -0.4 is 5.32 Å². The largest absolute Gasteiger partial charge is 0.452 e. The van der Waals surface area contributed by atoms with Crippen LogP contribution in [0.15, 0.2) is 42.5 Å². The van der Waals surface area contributed by atoms with Crippen molar-refractivity contribution in [2.45, 2.75) is 39.5 Å². The minimum atomic E-state index is -0.461. The Hall–Kier alpha value is -3.21. The summed E-state index contributed by atoms with van der Waals surface area (Å²) in [6.45, 7) is 3.68. The van der Waals surface area contributed by atoms with Crippen molar-refractivity contribution >= 4 is 28.5 Å². The lowest BCUT2D eigenvalue weighted by Gasteiger charge is -2.20. The van der Waals surface area contributed by atoms with E-state index in [4.69, 9.17) is 9.72 Å². The Bertz CT molecular complexity index is 1100. The summed E-state index contributed by atoms with van der Waals surface area (Å²) in [5, 5.41) is 3.57. The summed E-state index contributed by atoms with van der Waals surface area (Å²) in [4.78, 5) is 30.0. The fourth-order valence-corrected chi connectivity index (χ4v) is 3.83. The summed E-state index contributed by atoms with van der Waals surface area (Å²) in [6.07, 6.45) is 3.78. The van der Waals surface area contributed by atoms with E-state index in [0.717, 1.165) is 59.0 Å². The Morgan fingerprint density at radius 3 is 2.66 bits per heavy atom. The molecule has 0 saturated heterocycles. The molecule has 1 N–H and O–H groups in total. The van der Waals surface area contributed by atoms with E-state index in [1.165, 1.54) is 0 Å². The molecule has 0 saturated carbocycles. The van der Waals surface area contributed by atoms with Crippen LogP contribution in [0.3, 0.4) is 0 Å². The van der Waals surface area contributed by atoms with Crippen LogP contribution in [0.25, 0.3) is 10.9 Å². The number of nitrogens with zero attached hydrogens (tertiary/aromatic N) is 1. The molecular formula is C24H24N2O3. The second-order valence-electron chi connectivity index (χ2n) is 7.56. The normalized spacial score (nSPS) is 13.0. The number of hydrogen-bond donors (Lipinski definition) is 1. The molecule has 1 aliphatic carbocycles. The molecule has 2 aromatic carbocycles. The van der Waals surface area contributed by atoms with Crippen LogP contribution in [0.2, 0.25) is 0 Å². The van der Waals surface area contributed by atoms with Crippen molar-refractivity contribution in [3.63, 3.8) is 0 Å². The molecule has 148 valence electrons. The summed E-state index contributed by atoms with van der Waals surface area (Å²) in [7, 11) is 0. The monoisotopic (exact) mass is 388 g/mol. The zero-order valence-corrected chi connectivity index (χ0v) is 16.7. The van der Waals surface area contributed by atoms with E-state index in [9.17, 15) is 9.59 Å². The number of carbonyl (C=O) groups is 2. The fraction of sp³-hybridized carbons (Fsp3) is 0.292. The number of para-hydroxylation sites is 1. The third-order valence-corrected chi connectivity index (χ3v) is 5.50. The quantitative estimate of drug-likeness (QED) is 0.667. The summed E-state index contributed by atoms with van der Waals surface area (Å²) in [6, 6.07) is 13.3. The molecule has 4 rings (SSSR count). The second-order valence-corrected chi connectivity index (χ2v) is 7.56. The van der Waals surface area contributed by atoms with Crippen LogP contribution in [-0.2, 0) is 22.4 Å². The molecule has 0 bridgehead atoms. The van der Waals surface area contributed by atoms with E-state index in [0.29, 0.717) is 11.3 Å². The van der Waals surface area contributed by atoms with E-state index >= 15 is 0 Å². The SMILES string of the molecule is Cc1ccc(NC(=O)COC(=O)c2c3c(nc4ccccc24)CCCC3)cc1C. The average Bonchev–Trinajstić information content (AvgIpc) is 2.73. The fourth-order valence-electron chi connectivity index (χ4n) is 3.83. The highest BCUT2D eigenvalue weighted by Crippen LogP contribution is 2.29. The number of amides is 1. The number of esters is 1. The predicted molar refractivity (Wildman–Crippen MR) is 113 cm³/mol. The Morgan fingerprint density at radius 2 is 1.83 bits per heavy atom. The van der Waals surface area contributed by atoms with Crippen LogP contribution in [0.4, 0.5) is 5.69 Å². The van der Waals surface area contributed by atoms with Crippen molar-refractivity contribution in [3.8, 4) is 0 Å². The first kappa shape index (κ1) is 19.1. The van der Waals surface area contributed by atoms with Gasteiger partial charge in [0.1, 0.15) is 0 Å². The van der Waals surface area contributed by atoms with Crippen LogP contribution in [0.1, 0.15) is 45.6 Å². The molecule has 0 atom stereocenters. The van der Waals surface area contributed by atoms with Gasteiger partial charge in [0, 0.05) is 16.8 Å². The number of carbonyl (C=O) groups excluding carboxylic acids is 2. The Balaban J connectivity index is 1.53. The number of aryl methyl sites for hydroxylation is 3. The maximum atomic E-state index is 13.0. The van der Waals surface area contributed by atoms with Crippen LogP contribution in [-0.4, -0.2) is 23.5 Å². The number of benzene rings is 2. The van der Waals surface area contributed by atoms with E-state index in [-0.39, 0.29) is 12.5 Å². The van der Waals surface area contributed by atoms with Gasteiger partial charge in [0.05, 0.1) is 11.1 Å². The lowest BCUT2D eigenvalue weighted by molar-refractivity contribution is -0.119. The first-order chi connectivity index (χ1) is 14.0. The smallest absolute Gasteiger partial charge is 0.339 e. The Morgan fingerprint density at radius 1 is 1.03 bits per heavy atom. The molecule has 0 aliphatic heterocycles. The average molecular weight is 388 g/mol. The van der Waals surface area contributed by atoms with Crippen LogP contribution >= 0.6 is 0 Å². The first-order valence-corrected chi connectivity index (χ1v) is 9.97. The number of pyridine rings is 1. The summed E-state index contributed by atoms with van der Waals surface area (Å²) in [5.74, 6) is -0.814. The molecule has 29 heavy (non-hydrogen) atoms. The van der Waals surface area contributed by atoms with E-state index in [1.807, 2.05) is 56.3 Å². The van der Waals surface area contributed by atoms with Gasteiger partial charge in [0.2, 0.25) is 0 Å². The van der Waals surface area contributed by atoms with Gasteiger partial charge < -0.3 is 10.1 Å². The summed E-state index contributed by atoms with van der Waals surface area (Å²) < 4.78 is 5.41. The third-order valence-electron chi connectivity index (χ3n) is 5.50. The number of rotatable bonds is 4. The highest BCUT2D eigenvalue weighted by molar-refractivity contribution is 6.06. The maximum absolute atomic E-state index is 13.0. The minimum absolute atomic E-state index is 0.322.